The van der Waals surface area contributed by atoms with Gasteiger partial charge in [0.2, 0.25) is 5.91 Å². The van der Waals surface area contributed by atoms with Crippen LogP contribution in [0.3, 0.4) is 0 Å². The number of amides is 1. The van der Waals surface area contributed by atoms with Crippen LogP contribution in [0, 0.1) is 11.3 Å². The third-order valence-electron chi connectivity index (χ3n) is 5.92. The Morgan fingerprint density at radius 1 is 1.12 bits per heavy atom. The van der Waals surface area contributed by atoms with Gasteiger partial charge in [-0.05, 0) is 67.6 Å². The summed E-state index contributed by atoms with van der Waals surface area (Å²) in [5, 5.41) is 3.41. The lowest BCUT2D eigenvalue weighted by atomic mass is 9.91. The predicted octanol–water partition coefficient (Wildman–Crippen LogP) is 3.62. The highest BCUT2D eigenvalue weighted by Gasteiger charge is 2.58. The van der Waals surface area contributed by atoms with E-state index < -0.39 is 0 Å². The van der Waals surface area contributed by atoms with Crippen molar-refractivity contribution in [2.75, 3.05) is 25.1 Å². The highest BCUT2D eigenvalue weighted by Crippen LogP contribution is 2.59. The van der Waals surface area contributed by atoms with Crippen LogP contribution in [-0.2, 0) is 11.3 Å². The van der Waals surface area contributed by atoms with Gasteiger partial charge in [-0.25, -0.2) is 0 Å². The van der Waals surface area contributed by atoms with Gasteiger partial charge in [-0.2, -0.15) is 0 Å². The van der Waals surface area contributed by atoms with Crippen LogP contribution in [0.25, 0.3) is 0 Å². The molecule has 0 bridgehead atoms. The lowest BCUT2D eigenvalue weighted by molar-refractivity contribution is -0.120. The van der Waals surface area contributed by atoms with Gasteiger partial charge in [-0.15, -0.1) is 0 Å². The van der Waals surface area contributed by atoms with Crippen LogP contribution in [-0.4, -0.2) is 26.1 Å². The molecule has 1 aliphatic heterocycles. The summed E-state index contributed by atoms with van der Waals surface area (Å²) in [5.41, 5.74) is 2.33. The van der Waals surface area contributed by atoms with E-state index in [4.69, 9.17) is 4.74 Å². The molecule has 1 saturated heterocycles. The van der Waals surface area contributed by atoms with Crippen molar-refractivity contribution in [2.45, 2.75) is 25.8 Å². The standard InChI is InChI=1S/C22H26N2O2/c1-26-19-9-7-18(8-10-19)24(16-17-5-3-2-4-6-17)21(25)20-15-22(20)11-13-23-14-12-22/h2-10,20,23H,11-16H2,1H3. The van der Waals surface area contributed by atoms with E-state index in [0.29, 0.717) is 6.54 Å². The van der Waals surface area contributed by atoms with Crippen molar-refractivity contribution in [1.29, 1.82) is 0 Å². The van der Waals surface area contributed by atoms with Crippen LogP contribution in [0.2, 0.25) is 0 Å². The van der Waals surface area contributed by atoms with Crippen molar-refractivity contribution in [1.82, 2.24) is 5.32 Å². The van der Waals surface area contributed by atoms with Gasteiger partial charge in [-0.1, -0.05) is 30.3 Å². The molecular formula is C22H26N2O2. The fourth-order valence-electron chi connectivity index (χ4n) is 4.19. The number of hydrogen-bond acceptors (Lipinski definition) is 3. The number of nitrogens with zero attached hydrogens (tertiary/aromatic N) is 1. The minimum absolute atomic E-state index is 0.162. The van der Waals surface area contributed by atoms with Gasteiger partial charge in [0.05, 0.1) is 13.7 Å². The summed E-state index contributed by atoms with van der Waals surface area (Å²) in [5.74, 6) is 1.23. The largest absolute Gasteiger partial charge is 0.497 e. The molecule has 26 heavy (non-hydrogen) atoms. The first-order chi connectivity index (χ1) is 12.7. The second kappa shape index (κ2) is 7.12. The number of anilines is 1. The first kappa shape index (κ1) is 17.1. The van der Waals surface area contributed by atoms with Crippen LogP contribution in [0.4, 0.5) is 5.69 Å². The Balaban J connectivity index is 1.58. The van der Waals surface area contributed by atoms with E-state index >= 15 is 0 Å². The lowest BCUT2D eigenvalue weighted by Crippen LogP contribution is -2.36. The first-order valence-electron chi connectivity index (χ1n) is 9.42. The van der Waals surface area contributed by atoms with Crippen LogP contribution < -0.4 is 15.0 Å². The van der Waals surface area contributed by atoms with Crippen LogP contribution in [0.1, 0.15) is 24.8 Å². The average molecular weight is 350 g/mol. The fourth-order valence-corrected chi connectivity index (χ4v) is 4.19. The molecule has 1 aliphatic carbocycles. The summed E-state index contributed by atoms with van der Waals surface area (Å²) in [6, 6.07) is 18.0. The van der Waals surface area contributed by atoms with Crippen molar-refractivity contribution >= 4 is 11.6 Å². The van der Waals surface area contributed by atoms with Crippen LogP contribution in [0.15, 0.2) is 54.6 Å². The summed E-state index contributed by atoms with van der Waals surface area (Å²) in [6.07, 6.45) is 3.27. The van der Waals surface area contributed by atoms with Crippen LogP contribution in [0.5, 0.6) is 5.75 Å². The zero-order valence-corrected chi connectivity index (χ0v) is 15.3. The van der Waals surface area contributed by atoms with E-state index in [9.17, 15) is 4.79 Å². The van der Waals surface area contributed by atoms with Crippen molar-refractivity contribution < 1.29 is 9.53 Å². The highest BCUT2D eigenvalue weighted by atomic mass is 16.5. The molecule has 1 heterocycles. The van der Waals surface area contributed by atoms with E-state index in [1.807, 2.05) is 47.4 Å². The number of rotatable bonds is 5. The van der Waals surface area contributed by atoms with Gasteiger partial charge in [0.25, 0.3) is 0 Å². The molecule has 1 saturated carbocycles. The maximum absolute atomic E-state index is 13.4. The third-order valence-corrected chi connectivity index (χ3v) is 5.92. The second-order valence-electron chi connectivity index (χ2n) is 7.48. The Morgan fingerprint density at radius 3 is 2.46 bits per heavy atom. The molecule has 0 radical (unpaired) electrons. The second-order valence-corrected chi connectivity index (χ2v) is 7.48. The molecule has 1 spiro atoms. The van der Waals surface area contributed by atoms with Gasteiger partial charge in [0, 0.05) is 11.6 Å². The third kappa shape index (κ3) is 3.34. The molecular weight excluding hydrogens is 324 g/mol. The van der Waals surface area contributed by atoms with E-state index in [-0.39, 0.29) is 17.2 Å². The molecule has 2 aliphatic rings. The number of methoxy groups -OCH3 is 1. The molecule has 1 unspecified atom stereocenters. The summed E-state index contributed by atoms with van der Waals surface area (Å²) >= 11 is 0. The lowest BCUT2D eigenvalue weighted by Gasteiger charge is -2.27. The number of benzene rings is 2. The average Bonchev–Trinajstić information content (AvgIpc) is 3.40. The Hall–Kier alpha value is -2.33. The monoisotopic (exact) mass is 350 g/mol. The molecule has 2 aromatic rings. The van der Waals surface area contributed by atoms with Crippen molar-refractivity contribution in [3.05, 3.63) is 60.2 Å². The molecule has 4 heteroatoms. The van der Waals surface area contributed by atoms with Gasteiger partial charge >= 0.3 is 0 Å². The highest BCUT2D eigenvalue weighted by molar-refractivity contribution is 5.97. The molecule has 2 aromatic carbocycles. The molecule has 0 aromatic heterocycles. The summed E-state index contributed by atoms with van der Waals surface area (Å²) in [4.78, 5) is 15.4. The summed E-state index contributed by atoms with van der Waals surface area (Å²) < 4.78 is 5.27. The number of carbonyl (C=O) groups excluding carboxylic acids is 1. The zero-order chi connectivity index (χ0) is 18.0. The number of nitrogens with one attached hydrogen (secondary N) is 1. The van der Waals surface area contributed by atoms with E-state index in [1.165, 1.54) is 0 Å². The number of hydrogen-bond donors (Lipinski definition) is 1. The summed E-state index contributed by atoms with van der Waals surface area (Å²) in [7, 11) is 1.66. The van der Waals surface area contributed by atoms with Crippen LogP contribution >= 0.6 is 0 Å². The first-order valence-corrected chi connectivity index (χ1v) is 9.42. The Morgan fingerprint density at radius 2 is 1.81 bits per heavy atom. The minimum Gasteiger partial charge on any atom is -0.497 e. The molecule has 1 amide bonds. The maximum Gasteiger partial charge on any atom is 0.230 e. The quantitative estimate of drug-likeness (QED) is 0.895. The van der Waals surface area contributed by atoms with E-state index in [0.717, 1.165) is 49.4 Å². The van der Waals surface area contributed by atoms with Crippen molar-refractivity contribution in [3.8, 4) is 5.75 Å². The van der Waals surface area contributed by atoms with Gasteiger partial charge < -0.3 is 15.0 Å². The Kier molecular flexibility index (Phi) is 4.68. The maximum atomic E-state index is 13.4. The Bertz CT molecular complexity index is 751. The molecule has 4 nitrogen and oxygen atoms in total. The smallest absolute Gasteiger partial charge is 0.230 e. The molecule has 1 N–H and O–H groups in total. The Labute approximate surface area is 155 Å². The minimum atomic E-state index is 0.162. The van der Waals surface area contributed by atoms with E-state index in [2.05, 4.69) is 17.4 Å². The fraction of sp³-hybridized carbons (Fsp3) is 0.409. The number of piperidine rings is 1. The normalized spacial score (nSPS) is 20.6. The van der Waals surface area contributed by atoms with Gasteiger partial charge in [0.15, 0.2) is 0 Å². The summed E-state index contributed by atoms with van der Waals surface area (Å²) in [6.45, 7) is 2.67. The number of ether oxygens (including phenoxy) is 1. The zero-order valence-electron chi connectivity index (χ0n) is 15.3. The molecule has 136 valence electrons. The molecule has 4 rings (SSSR count). The topological polar surface area (TPSA) is 41.6 Å². The molecule has 2 fully saturated rings. The van der Waals surface area contributed by atoms with Gasteiger partial charge in [-0.3, -0.25) is 4.79 Å². The van der Waals surface area contributed by atoms with Gasteiger partial charge in [0.1, 0.15) is 5.75 Å². The SMILES string of the molecule is COc1ccc(N(Cc2ccccc2)C(=O)C2CC23CCNCC3)cc1. The van der Waals surface area contributed by atoms with Crippen molar-refractivity contribution in [3.63, 3.8) is 0 Å². The van der Waals surface area contributed by atoms with E-state index in [1.54, 1.807) is 7.11 Å². The predicted molar refractivity (Wildman–Crippen MR) is 103 cm³/mol. The number of carbonyl (C=O) groups is 1. The molecule has 1 atom stereocenters. The van der Waals surface area contributed by atoms with Crippen molar-refractivity contribution in [2.24, 2.45) is 11.3 Å².